The van der Waals surface area contributed by atoms with Crippen LogP contribution >= 0.6 is 0 Å². The zero-order valence-corrected chi connectivity index (χ0v) is 7.60. The van der Waals surface area contributed by atoms with Crippen LogP contribution in [0.4, 0.5) is 0 Å². The van der Waals surface area contributed by atoms with Gasteiger partial charge in [-0.3, -0.25) is 4.79 Å². The summed E-state index contributed by atoms with van der Waals surface area (Å²) in [7, 11) is 0. The Morgan fingerprint density at radius 1 is 1.83 bits per heavy atom. The van der Waals surface area contributed by atoms with Crippen molar-refractivity contribution in [1.29, 1.82) is 0 Å². The van der Waals surface area contributed by atoms with Gasteiger partial charge in [0.1, 0.15) is 6.04 Å². The lowest BCUT2D eigenvalue weighted by Crippen LogP contribution is -2.41. The lowest BCUT2D eigenvalue weighted by Gasteiger charge is -2.17. The molecule has 0 aliphatic carbocycles. The normalized spacial score (nSPS) is 27.6. The first kappa shape index (κ1) is 4.61. The molecule has 0 bridgehead atoms. The van der Waals surface area contributed by atoms with Gasteiger partial charge in [0, 0.05) is 14.2 Å². The quantitative estimate of drug-likeness (QED) is 0.647. The van der Waals surface area contributed by atoms with E-state index in [0.717, 1.165) is 13.8 Å². The zero-order chi connectivity index (χ0) is 14.8. The smallest absolute Gasteiger partial charge is 0.323 e. The Morgan fingerprint density at radius 2 is 2.50 bits per heavy atom. The van der Waals surface area contributed by atoms with Crippen molar-refractivity contribution in [2.24, 2.45) is 0 Å². The summed E-state index contributed by atoms with van der Waals surface area (Å²) in [6, 6.07) is -3.66. The van der Waals surface area contributed by atoms with Gasteiger partial charge in [0.25, 0.3) is 0 Å². The van der Waals surface area contributed by atoms with Gasteiger partial charge in [-0.15, -0.1) is 0 Å². The van der Waals surface area contributed by atoms with E-state index in [1.54, 1.807) is 6.92 Å². The van der Waals surface area contributed by atoms with Crippen LogP contribution in [-0.2, 0) is 9.53 Å². The van der Waals surface area contributed by atoms with Gasteiger partial charge in [-0.05, 0) is 13.3 Å². The minimum Gasteiger partial charge on any atom is -0.465 e. The first-order valence-electron chi connectivity index (χ1n) is 6.77. The number of esters is 1. The third-order valence-electron chi connectivity index (χ3n) is 1.17. The minimum absolute atomic E-state index is 0.0512. The van der Waals surface area contributed by atoms with E-state index in [1.807, 2.05) is 0 Å². The first-order valence-corrected chi connectivity index (χ1v) is 3.77. The van der Waals surface area contributed by atoms with E-state index in [4.69, 9.17) is 8.22 Å². The van der Waals surface area contributed by atoms with Crippen molar-refractivity contribution < 1.29 is 17.8 Å². The monoisotopic (exact) mass is 179 g/mol. The second-order valence-corrected chi connectivity index (χ2v) is 2.24. The number of hydrogen-bond donors (Lipinski definition) is 1. The van der Waals surface area contributed by atoms with E-state index in [0.29, 0.717) is 0 Å². The second kappa shape index (κ2) is 6.00. The van der Waals surface area contributed by atoms with Gasteiger partial charge in [-0.2, -0.15) is 0 Å². The minimum atomic E-state index is -2.69. The summed E-state index contributed by atoms with van der Waals surface area (Å²) in [6.07, 6.45) is -2.04. The highest BCUT2D eigenvalue weighted by Gasteiger charge is 2.17. The van der Waals surface area contributed by atoms with Gasteiger partial charge in [0.05, 0.1) is 6.61 Å². The molecule has 0 aliphatic heterocycles. The molecular formula is C9H19NO2. The predicted octanol–water partition coefficient (Wildman–Crippen LogP) is 1.33. The maximum absolute atomic E-state index is 11.6. The summed E-state index contributed by atoms with van der Waals surface area (Å²) in [5.41, 5.74) is 0. The first-order chi connectivity index (χ1) is 7.83. The molecule has 3 nitrogen and oxygen atoms in total. The molecule has 3 heteroatoms. The van der Waals surface area contributed by atoms with Crippen LogP contribution in [0.3, 0.4) is 0 Å². The summed E-state index contributed by atoms with van der Waals surface area (Å²) in [4.78, 5) is 11.6. The molecule has 0 rings (SSSR count). The summed E-state index contributed by atoms with van der Waals surface area (Å²) < 4.78 is 48.9. The topological polar surface area (TPSA) is 38.3 Å². The number of carbonyl (C=O) groups excluding carboxylic acids is 1. The lowest BCUT2D eigenvalue weighted by molar-refractivity contribution is -0.145. The third kappa shape index (κ3) is 4.34. The van der Waals surface area contributed by atoms with Crippen molar-refractivity contribution >= 4 is 5.97 Å². The van der Waals surface area contributed by atoms with Crippen molar-refractivity contribution in [3.63, 3.8) is 0 Å². The van der Waals surface area contributed by atoms with Crippen LogP contribution in [0.1, 0.15) is 42.2 Å². The van der Waals surface area contributed by atoms with Crippen LogP contribution in [-0.4, -0.2) is 24.6 Å². The van der Waals surface area contributed by atoms with Crippen molar-refractivity contribution in [3.05, 3.63) is 0 Å². The number of ether oxygens (including phenoxy) is 1. The van der Waals surface area contributed by atoms with Crippen LogP contribution < -0.4 is 5.32 Å². The maximum atomic E-state index is 11.6. The van der Waals surface area contributed by atoms with Crippen LogP contribution in [0, 0.1) is 0 Å². The molecule has 0 saturated heterocycles. The fourth-order valence-corrected chi connectivity index (χ4v) is 0.691. The van der Waals surface area contributed by atoms with Crippen LogP contribution in [0.15, 0.2) is 0 Å². The highest BCUT2D eigenvalue weighted by Crippen LogP contribution is 1.96. The molecule has 0 radical (unpaired) electrons. The Labute approximate surface area is 82.9 Å². The van der Waals surface area contributed by atoms with Crippen molar-refractivity contribution in [1.82, 2.24) is 5.32 Å². The molecule has 0 aliphatic rings. The second-order valence-electron chi connectivity index (χ2n) is 2.24. The molecule has 2 atom stereocenters. The summed E-state index contributed by atoms with van der Waals surface area (Å²) >= 11 is 0. The molecule has 0 aromatic rings. The molecule has 2 unspecified atom stereocenters. The highest BCUT2D eigenvalue weighted by molar-refractivity contribution is 5.75. The lowest BCUT2D eigenvalue weighted by atomic mass is 10.2. The van der Waals surface area contributed by atoms with E-state index in [-0.39, 0.29) is 6.61 Å². The molecule has 1 N–H and O–H groups in total. The average Bonchev–Trinajstić information content (AvgIpc) is 2.10. The molecular weight excluding hydrogens is 154 g/mol. The van der Waals surface area contributed by atoms with Gasteiger partial charge < -0.3 is 10.1 Å². The Balaban J connectivity index is 5.10. The van der Waals surface area contributed by atoms with Crippen molar-refractivity contribution in [2.75, 3.05) is 6.61 Å². The van der Waals surface area contributed by atoms with Gasteiger partial charge >= 0.3 is 5.97 Å². The largest absolute Gasteiger partial charge is 0.465 e. The van der Waals surface area contributed by atoms with Crippen molar-refractivity contribution in [2.45, 2.75) is 46.1 Å². The van der Waals surface area contributed by atoms with Crippen molar-refractivity contribution in [3.8, 4) is 0 Å². The van der Waals surface area contributed by atoms with E-state index in [2.05, 4.69) is 10.1 Å². The Kier molecular flexibility index (Phi) is 2.30. The third-order valence-corrected chi connectivity index (χ3v) is 1.17. The van der Waals surface area contributed by atoms with Crippen LogP contribution in [0.25, 0.3) is 0 Å². The maximum Gasteiger partial charge on any atom is 0.323 e. The SMILES string of the molecule is [2H]C([2H])(C)C(NC([2H])(C)C([2H])([2H])[2H])C(=O)OCC. The van der Waals surface area contributed by atoms with E-state index >= 15 is 0 Å². The van der Waals surface area contributed by atoms with Crippen LogP contribution in [0.5, 0.6) is 0 Å². The van der Waals surface area contributed by atoms with Gasteiger partial charge in [-0.25, -0.2) is 0 Å². The molecule has 0 amide bonds. The van der Waals surface area contributed by atoms with E-state index < -0.39 is 31.3 Å². The fourth-order valence-electron chi connectivity index (χ4n) is 0.691. The highest BCUT2D eigenvalue weighted by atomic mass is 16.5. The molecule has 0 fully saturated rings. The van der Waals surface area contributed by atoms with Gasteiger partial charge in [0.2, 0.25) is 0 Å². The Morgan fingerprint density at radius 3 is 2.92 bits per heavy atom. The Hall–Kier alpha value is -0.570. The number of carbonyl (C=O) groups is 1. The molecule has 12 heavy (non-hydrogen) atoms. The molecule has 0 heterocycles. The average molecular weight is 179 g/mol. The predicted molar refractivity (Wildman–Crippen MR) is 49.0 cm³/mol. The molecule has 0 saturated carbocycles. The molecule has 72 valence electrons. The van der Waals surface area contributed by atoms with Gasteiger partial charge in [-0.1, -0.05) is 20.7 Å². The molecule has 0 spiro atoms. The summed E-state index contributed by atoms with van der Waals surface area (Å²) in [5, 5.41) is 2.21. The van der Waals surface area contributed by atoms with Crippen LogP contribution in [0.2, 0.25) is 0 Å². The Bertz CT molecular complexity index is 296. The van der Waals surface area contributed by atoms with E-state index in [9.17, 15) is 4.79 Å². The standard InChI is InChI=1S/C9H19NO2/c1-5-8(10-7(3)4)9(11)12-6-2/h7-8,10H,5-6H2,1-4H3/i3D3,5D2,7D. The fraction of sp³-hybridized carbons (Fsp3) is 0.889. The number of nitrogens with one attached hydrogen (secondary N) is 1. The summed E-state index contributed by atoms with van der Waals surface area (Å²) in [6.45, 7) is 1.11. The summed E-state index contributed by atoms with van der Waals surface area (Å²) in [5.74, 6) is -0.910. The van der Waals surface area contributed by atoms with E-state index in [1.165, 1.54) is 0 Å². The van der Waals surface area contributed by atoms with Gasteiger partial charge in [0.15, 0.2) is 0 Å². The molecule has 0 aromatic carbocycles. The number of hydrogen-bond acceptors (Lipinski definition) is 3. The zero-order valence-electron chi connectivity index (χ0n) is 13.6. The molecule has 0 aromatic heterocycles. The number of rotatable bonds is 5.